The summed E-state index contributed by atoms with van der Waals surface area (Å²) in [6.45, 7) is 5.87. The highest BCUT2D eigenvalue weighted by Crippen LogP contribution is 2.23. The van der Waals surface area contributed by atoms with Crippen LogP contribution in [-0.2, 0) is 0 Å². The quantitative estimate of drug-likeness (QED) is 0.830. The average Bonchev–Trinajstić information content (AvgIpc) is 2.39. The smallest absolute Gasteiger partial charge is 0.0366 e. The van der Waals surface area contributed by atoms with Gasteiger partial charge in [0.1, 0.15) is 0 Å². The lowest BCUT2D eigenvalue weighted by Gasteiger charge is -2.29. The summed E-state index contributed by atoms with van der Waals surface area (Å²) < 4.78 is 0. The summed E-state index contributed by atoms with van der Waals surface area (Å²) in [7, 11) is 4.28. The van der Waals surface area contributed by atoms with Gasteiger partial charge in [-0.2, -0.15) is 0 Å². The molecule has 0 aromatic heterocycles. The van der Waals surface area contributed by atoms with Gasteiger partial charge in [0.15, 0.2) is 0 Å². The van der Waals surface area contributed by atoms with Gasteiger partial charge in [0.25, 0.3) is 0 Å². The molecule has 2 nitrogen and oxygen atoms in total. The number of nitrogens with zero attached hydrogens (tertiary/aromatic N) is 2. The highest BCUT2D eigenvalue weighted by molar-refractivity contribution is 5.85. The van der Waals surface area contributed by atoms with Gasteiger partial charge in [0.2, 0.25) is 0 Å². The molecule has 19 heavy (non-hydrogen) atoms. The Morgan fingerprint density at radius 2 is 1.63 bits per heavy atom. The number of halogens is 1. The fourth-order valence-corrected chi connectivity index (χ4v) is 2.82. The number of piperidine rings is 1. The van der Waals surface area contributed by atoms with E-state index in [-0.39, 0.29) is 12.4 Å². The first-order valence-corrected chi connectivity index (χ1v) is 7.16. The molecule has 0 aliphatic carbocycles. The van der Waals surface area contributed by atoms with E-state index in [9.17, 15) is 0 Å². The molecule has 1 atom stereocenters. The number of rotatable bonds is 4. The molecular formula is C16H27ClN2. The average molecular weight is 283 g/mol. The van der Waals surface area contributed by atoms with Crippen molar-refractivity contribution in [3.05, 3.63) is 29.8 Å². The molecule has 0 radical (unpaired) electrons. The van der Waals surface area contributed by atoms with Gasteiger partial charge in [0, 0.05) is 25.3 Å². The molecule has 3 heteroatoms. The first kappa shape index (κ1) is 16.3. The summed E-state index contributed by atoms with van der Waals surface area (Å²) in [6, 6.07) is 9.20. The summed E-state index contributed by atoms with van der Waals surface area (Å²) in [5.41, 5.74) is 2.85. The molecule has 1 aromatic rings. The topological polar surface area (TPSA) is 6.48 Å². The number of anilines is 1. The predicted octanol–water partition coefficient (Wildman–Crippen LogP) is 3.76. The van der Waals surface area contributed by atoms with Crippen molar-refractivity contribution in [1.29, 1.82) is 0 Å². The van der Waals surface area contributed by atoms with E-state index in [0.717, 1.165) is 6.54 Å². The zero-order chi connectivity index (χ0) is 13.0. The third-order valence-corrected chi connectivity index (χ3v) is 3.82. The Kier molecular flexibility index (Phi) is 6.67. The second-order valence-corrected chi connectivity index (χ2v) is 5.80. The second-order valence-electron chi connectivity index (χ2n) is 5.80. The number of hydrogen-bond donors (Lipinski definition) is 0. The summed E-state index contributed by atoms with van der Waals surface area (Å²) >= 11 is 0. The van der Waals surface area contributed by atoms with Crippen LogP contribution in [0.4, 0.5) is 5.69 Å². The largest absolute Gasteiger partial charge is 0.372 e. The van der Waals surface area contributed by atoms with Gasteiger partial charge in [-0.3, -0.25) is 0 Å². The van der Waals surface area contributed by atoms with Crippen LogP contribution < -0.4 is 4.90 Å². The SMILES string of the molecule is CC(CN(C)C)c1ccc(N2CCCCC2)cc1.Cl. The predicted molar refractivity (Wildman–Crippen MR) is 86.7 cm³/mol. The molecule has 1 saturated heterocycles. The zero-order valence-corrected chi connectivity index (χ0v) is 13.2. The van der Waals surface area contributed by atoms with Gasteiger partial charge < -0.3 is 9.80 Å². The molecule has 0 amide bonds. The van der Waals surface area contributed by atoms with Crippen LogP contribution in [0.15, 0.2) is 24.3 Å². The normalized spacial score (nSPS) is 17.2. The lowest BCUT2D eigenvalue weighted by Crippen LogP contribution is -2.29. The van der Waals surface area contributed by atoms with Crippen LogP contribution in [0.1, 0.15) is 37.7 Å². The van der Waals surface area contributed by atoms with Crippen LogP contribution in [0.25, 0.3) is 0 Å². The van der Waals surface area contributed by atoms with Gasteiger partial charge in [-0.25, -0.2) is 0 Å². The highest BCUT2D eigenvalue weighted by atomic mass is 35.5. The first-order valence-electron chi connectivity index (χ1n) is 7.16. The van der Waals surface area contributed by atoms with Gasteiger partial charge in [-0.1, -0.05) is 19.1 Å². The fraction of sp³-hybridized carbons (Fsp3) is 0.625. The Morgan fingerprint density at radius 1 is 1.05 bits per heavy atom. The third-order valence-electron chi connectivity index (χ3n) is 3.82. The molecule has 1 unspecified atom stereocenters. The minimum Gasteiger partial charge on any atom is -0.372 e. The highest BCUT2D eigenvalue weighted by Gasteiger charge is 2.12. The monoisotopic (exact) mass is 282 g/mol. The van der Waals surface area contributed by atoms with Crippen molar-refractivity contribution in [1.82, 2.24) is 4.90 Å². The summed E-state index contributed by atoms with van der Waals surface area (Å²) in [5, 5.41) is 0. The molecule has 0 saturated carbocycles. The first-order chi connectivity index (χ1) is 8.66. The van der Waals surface area contributed by atoms with Gasteiger partial charge in [-0.05, 0) is 57.0 Å². The molecule has 1 heterocycles. The number of benzene rings is 1. The number of likely N-dealkylation sites (N-methyl/N-ethyl adjacent to an activating group) is 1. The Balaban J connectivity index is 0.00000180. The molecule has 108 valence electrons. The minimum absolute atomic E-state index is 0. The van der Waals surface area contributed by atoms with Crippen molar-refractivity contribution < 1.29 is 0 Å². The minimum atomic E-state index is 0. The van der Waals surface area contributed by atoms with Gasteiger partial charge in [-0.15, -0.1) is 12.4 Å². The molecule has 2 rings (SSSR count). The fourth-order valence-electron chi connectivity index (χ4n) is 2.82. The number of hydrogen-bond acceptors (Lipinski definition) is 2. The van der Waals surface area contributed by atoms with E-state index >= 15 is 0 Å². The zero-order valence-electron chi connectivity index (χ0n) is 12.4. The Bertz CT molecular complexity index is 356. The van der Waals surface area contributed by atoms with Crippen LogP contribution >= 0.6 is 12.4 Å². The van der Waals surface area contributed by atoms with Crippen LogP contribution in [-0.4, -0.2) is 38.6 Å². The van der Waals surface area contributed by atoms with Crippen molar-refractivity contribution in [2.24, 2.45) is 0 Å². The van der Waals surface area contributed by atoms with E-state index in [0.29, 0.717) is 5.92 Å². The van der Waals surface area contributed by atoms with Crippen molar-refractivity contribution in [3.63, 3.8) is 0 Å². The maximum Gasteiger partial charge on any atom is 0.0366 e. The van der Waals surface area contributed by atoms with E-state index < -0.39 is 0 Å². The summed E-state index contributed by atoms with van der Waals surface area (Å²) in [6.07, 6.45) is 4.09. The maximum atomic E-state index is 2.52. The van der Waals surface area contributed by atoms with E-state index in [2.05, 4.69) is 55.1 Å². The second kappa shape index (κ2) is 7.76. The summed E-state index contributed by atoms with van der Waals surface area (Å²) in [4.78, 5) is 4.77. The van der Waals surface area contributed by atoms with Crippen molar-refractivity contribution in [2.75, 3.05) is 38.6 Å². The Hall–Kier alpha value is -0.730. The van der Waals surface area contributed by atoms with Crippen LogP contribution in [0.3, 0.4) is 0 Å². The van der Waals surface area contributed by atoms with Gasteiger partial charge in [0.05, 0.1) is 0 Å². The van der Waals surface area contributed by atoms with Crippen molar-refractivity contribution in [2.45, 2.75) is 32.1 Å². The van der Waals surface area contributed by atoms with Crippen LogP contribution in [0, 0.1) is 0 Å². The molecule has 1 aliphatic rings. The third kappa shape index (κ3) is 4.70. The molecule has 1 aromatic carbocycles. The molecule has 1 fully saturated rings. The summed E-state index contributed by atoms with van der Waals surface area (Å²) in [5.74, 6) is 0.607. The van der Waals surface area contributed by atoms with E-state index in [4.69, 9.17) is 0 Å². The van der Waals surface area contributed by atoms with Crippen molar-refractivity contribution >= 4 is 18.1 Å². The molecule has 0 N–H and O–H groups in total. The Labute approximate surface area is 124 Å². The van der Waals surface area contributed by atoms with E-state index in [1.54, 1.807) is 0 Å². The lowest BCUT2D eigenvalue weighted by atomic mass is 10.00. The Morgan fingerprint density at radius 3 is 2.16 bits per heavy atom. The van der Waals surface area contributed by atoms with E-state index in [1.165, 1.54) is 43.6 Å². The van der Waals surface area contributed by atoms with Gasteiger partial charge >= 0.3 is 0 Å². The molecule has 1 aliphatic heterocycles. The molecule has 0 bridgehead atoms. The van der Waals surface area contributed by atoms with Crippen molar-refractivity contribution in [3.8, 4) is 0 Å². The standard InChI is InChI=1S/C16H26N2.ClH/c1-14(13-17(2)3)15-7-9-16(10-8-15)18-11-5-4-6-12-18;/h7-10,14H,4-6,11-13H2,1-3H3;1H. The lowest BCUT2D eigenvalue weighted by molar-refractivity contribution is 0.383. The maximum absolute atomic E-state index is 2.52. The molecular weight excluding hydrogens is 256 g/mol. The van der Waals surface area contributed by atoms with Crippen LogP contribution in [0.5, 0.6) is 0 Å². The van der Waals surface area contributed by atoms with Crippen LogP contribution in [0.2, 0.25) is 0 Å². The van der Waals surface area contributed by atoms with E-state index in [1.807, 2.05) is 0 Å². The molecule has 0 spiro atoms.